The highest BCUT2D eigenvalue weighted by Gasteiger charge is 2.33. The molecule has 0 radical (unpaired) electrons. The molecule has 1 fully saturated rings. The van der Waals surface area contributed by atoms with Gasteiger partial charge in [-0.3, -0.25) is 9.69 Å². The summed E-state index contributed by atoms with van der Waals surface area (Å²) in [5.41, 5.74) is 2.06. The number of aromatic nitrogens is 2. The maximum atomic E-state index is 13.1. The van der Waals surface area contributed by atoms with Gasteiger partial charge < -0.3 is 14.2 Å². The van der Waals surface area contributed by atoms with Gasteiger partial charge in [0.15, 0.2) is 0 Å². The Bertz CT molecular complexity index is 1040. The van der Waals surface area contributed by atoms with Gasteiger partial charge in [0.1, 0.15) is 12.4 Å². The summed E-state index contributed by atoms with van der Waals surface area (Å²) in [5, 5.41) is 4.13. The number of carbonyl (C=O) groups excluding carboxylic acids is 1. The number of piperazine rings is 1. The van der Waals surface area contributed by atoms with Crippen molar-refractivity contribution in [1.29, 1.82) is 0 Å². The van der Waals surface area contributed by atoms with Crippen molar-refractivity contribution < 1.29 is 14.1 Å². The quantitative estimate of drug-likeness (QED) is 0.648. The van der Waals surface area contributed by atoms with Gasteiger partial charge in [-0.2, -0.15) is 4.98 Å². The monoisotopic (exact) mass is 418 g/mol. The SMILES string of the molecule is CC(c1nc(-c2ccccc2)no1)N1CCN(C(=O)C2COc3ccccc3C2)CC1. The molecule has 2 aliphatic heterocycles. The lowest BCUT2D eigenvalue weighted by molar-refractivity contribution is -0.139. The van der Waals surface area contributed by atoms with Gasteiger partial charge >= 0.3 is 0 Å². The number of fused-ring (bicyclic) bond motifs is 1. The van der Waals surface area contributed by atoms with Crippen molar-refractivity contribution in [3.8, 4) is 17.1 Å². The Morgan fingerprint density at radius 3 is 2.58 bits per heavy atom. The molecule has 1 aromatic heterocycles. The number of rotatable bonds is 4. The highest BCUT2D eigenvalue weighted by molar-refractivity contribution is 5.80. The lowest BCUT2D eigenvalue weighted by Gasteiger charge is -2.38. The van der Waals surface area contributed by atoms with E-state index in [0.29, 0.717) is 31.4 Å². The molecule has 0 aliphatic carbocycles. The van der Waals surface area contributed by atoms with Gasteiger partial charge in [-0.05, 0) is 25.0 Å². The molecule has 2 aromatic carbocycles. The third kappa shape index (κ3) is 4.05. The van der Waals surface area contributed by atoms with Gasteiger partial charge in [-0.15, -0.1) is 0 Å². The molecule has 160 valence electrons. The van der Waals surface area contributed by atoms with E-state index in [-0.39, 0.29) is 17.9 Å². The molecular formula is C24H26N4O3. The summed E-state index contributed by atoms with van der Waals surface area (Å²) in [4.78, 5) is 21.9. The Hall–Kier alpha value is -3.19. The van der Waals surface area contributed by atoms with Crippen molar-refractivity contribution in [3.05, 3.63) is 66.1 Å². The largest absolute Gasteiger partial charge is 0.492 e. The van der Waals surface area contributed by atoms with Crippen molar-refractivity contribution >= 4 is 5.91 Å². The van der Waals surface area contributed by atoms with Crippen LogP contribution in [0.3, 0.4) is 0 Å². The fraction of sp³-hybridized carbons (Fsp3) is 0.375. The average molecular weight is 418 g/mol. The molecule has 7 heteroatoms. The third-order valence-corrected chi connectivity index (χ3v) is 6.23. The van der Waals surface area contributed by atoms with Crippen molar-refractivity contribution in [2.75, 3.05) is 32.8 Å². The smallest absolute Gasteiger partial charge is 0.244 e. The molecule has 3 aromatic rings. The summed E-state index contributed by atoms with van der Waals surface area (Å²) in [6.07, 6.45) is 0.746. The first-order valence-corrected chi connectivity index (χ1v) is 10.8. The molecule has 31 heavy (non-hydrogen) atoms. The molecule has 2 atom stereocenters. The van der Waals surface area contributed by atoms with Crippen molar-refractivity contribution in [1.82, 2.24) is 19.9 Å². The van der Waals surface area contributed by atoms with Crippen molar-refractivity contribution in [2.24, 2.45) is 5.92 Å². The van der Waals surface area contributed by atoms with Crippen LogP contribution in [0, 0.1) is 5.92 Å². The Morgan fingerprint density at radius 2 is 1.77 bits per heavy atom. The second kappa shape index (κ2) is 8.51. The number of para-hydroxylation sites is 1. The molecule has 2 unspecified atom stereocenters. The second-order valence-corrected chi connectivity index (χ2v) is 8.18. The first-order chi connectivity index (χ1) is 15.2. The van der Waals surface area contributed by atoms with E-state index in [4.69, 9.17) is 9.26 Å². The fourth-order valence-electron chi connectivity index (χ4n) is 4.34. The molecule has 5 rings (SSSR count). The number of hydrogen-bond acceptors (Lipinski definition) is 6. The number of nitrogens with zero attached hydrogens (tertiary/aromatic N) is 4. The van der Waals surface area contributed by atoms with Gasteiger partial charge in [0.2, 0.25) is 17.6 Å². The Labute approximate surface area is 181 Å². The molecule has 0 saturated carbocycles. The predicted octanol–water partition coefficient (Wildman–Crippen LogP) is 3.19. The number of hydrogen-bond donors (Lipinski definition) is 0. The maximum absolute atomic E-state index is 13.1. The Kier molecular flexibility index (Phi) is 5.42. The lowest BCUT2D eigenvalue weighted by atomic mass is 9.95. The van der Waals surface area contributed by atoms with Crippen LogP contribution >= 0.6 is 0 Å². The summed E-state index contributed by atoms with van der Waals surface area (Å²) in [5.74, 6) is 2.19. The number of benzene rings is 2. The zero-order valence-corrected chi connectivity index (χ0v) is 17.6. The van der Waals surface area contributed by atoms with Crippen LogP contribution in [-0.2, 0) is 11.2 Å². The first-order valence-electron chi connectivity index (χ1n) is 10.8. The molecule has 0 bridgehead atoms. The molecule has 0 spiro atoms. The molecule has 7 nitrogen and oxygen atoms in total. The summed E-state index contributed by atoms with van der Waals surface area (Å²) in [6, 6.07) is 17.8. The number of ether oxygens (including phenoxy) is 1. The van der Waals surface area contributed by atoms with Crippen LogP contribution < -0.4 is 4.74 Å². The summed E-state index contributed by atoms with van der Waals surface area (Å²) in [6.45, 7) is 5.48. The molecule has 0 N–H and O–H groups in total. The fourth-order valence-corrected chi connectivity index (χ4v) is 4.34. The van der Waals surface area contributed by atoms with Crippen molar-refractivity contribution in [3.63, 3.8) is 0 Å². The topological polar surface area (TPSA) is 71.7 Å². The van der Waals surface area contributed by atoms with Crippen LogP contribution in [0.1, 0.15) is 24.4 Å². The molecular weight excluding hydrogens is 392 g/mol. The zero-order valence-electron chi connectivity index (χ0n) is 17.6. The molecule has 1 amide bonds. The lowest BCUT2D eigenvalue weighted by Crippen LogP contribution is -2.52. The highest BCUT2D eigenvalue weighted by Crippen LogP contribution is 2.29. The minimum Gasteiger partial charge on any atom is -0.492 e. The minimum absolute atomic E-state index is 0.00658. The third-order valence-electron chi connectivity index (χ3n) is 6.23. The van der Waals surface area contributed by atoms with Gasteiger partial charge in [0.05, 0.1) is 12.0 Å². The van der Waals surface area contributed by atoms with E-state index in [2.05, 4.69) is 22.0 Å². The van der Waals surface area contributed by atoms with Crippen LogP contribution in [0.15, 0.2) is 59.1 Å². The number of carbonyl (C=O) groups is 1. The maximum Gasteiger partial charge on any atom is 0.244 e. The van der Waals surface area contributed by atoms with E-state index in [9.17, 15) is 4.79 Å². The van der Waals surface area contributed by atoms with E-state index in [1.807, 2.05) is 59.5 Å². The highest BCUT2D eigenvalue weighted by atomic mass is 16.5. The number of amides is 1. The standard InChI is InChI=1S/C24H26N4O3/c1-17(23-25-22(26-31-23)18-7-3-2-4-8-18)27-11-13-28(14-12-27)24(29)20-15-19-9-5-6-10-21(19)30-16-20/h2-10,17,20H,11-16H2,1H3. The van der Waals surface area contributed by atoms with Crippen LogP contribution in [0.2, 0.25) is 0 Å². The molecule has 2 aliphatic rings. The Morgan fingerprint density at radius 1 is 1.03 bits per heavy atom. The van der Waals surface area contributed by atoms with E-state index in [1.165, 1.54) is 0 Å². The van der Waals surface area contributed by atoms with Crippen LogP contribution in [0.5, 0.6) is 5.75 Å². The van der Waals surface area contributed by atoms with E-state index in [0.717, 1.165) is 36.4 Å². The zero-order chi connectivity index (χ0) is 21.2. The summed E-state index contributed by atoms with van der Waals surface area (Å²) < 4.78 is 11.4. The van der Waals surface area contributed by atoms with Crippen LogP contribution in [-0.4, -0.2) is 58.6 Å². The molecule has 3 heterocycles. The van der Waals surface area contributed by atoms with Gasteiger partial charge in [-0.1, -0.05) is 53.7 Å². The van der Waals surface area contributed by atoms with E-state index >= 15 is 0 Å². The normalized spacial score (nSPS) is 20.0. The summed E-state index contributed by atoms with van der Waals surface area (Å²) >= 11 is 0. The van der Waals surface area contributed by atoms with E-state index < -0.39 is 0 Å². The second-order valence-electron chi connectivity index (χ2n) is 8.18. The summed E-state index contributed by atoms with van der Waals surface area (Å²) in [7, 11) is 0. The van der Waals surface area contributed by atoms with Gasteiger partial charge in [0.25, 0.3) is 0 Å². The predicted molar refractivity (Wildman–Crippen MR) is 115 cm³/mol. The van der Waals surface area contributed by atoms with Crippen LogP contribution in [0.4, 0.5) is 0 Å². The minimum atomic E-state index is -0.108. The molecule has 1 saturated heterocycles. The van der Waals surface area contributed by atoms with Gasteiger partial charge in [-0.25, -0.2) is 0 Å². The van der Waals surface area contributed by atoms with Crippen LogP contribution in [0.25, 0.3) is 11.4 Å². The Balaban J connectivity index is 1.18. The average Bonchev–Trinajstić information content (AvgIpc) is 3.34. The van der Waals surface area contributed by atoms with Crippen molar-refractivity contribution in [2.45, 2.75) is 19.4 Å². The first kappa shape index (κ1) is 19.8. The van der Waals surface area contributed by atoms with E-state index in [1.54, 1.807) is 0 Å². The van der Waals surface area contributed by atoms with Gasteiger partial charge in [0, 0.05) is 31.7 Å².